The molecule has 0 fully saturated rings. The zero-order chi connectivity index (χ0) is 32.0. The van der Waals surface area contributed by atoms with E-state index in [2.05, 4.69) is 164 Å². The van der Waals surface area contributed by atoms with Crippen LogP contribution >= 0.6 is 11.3 Å². The zero-order valence-corrected chi connectivity index (χ0v) is 27.5. The summed E-state index contributed by atoms with van der Waals surface area (Å²) in [5.41, 5.74) is 12.9. The van der Waals surface area contributed by atoms with Crippen LogP contribution < -0.4 is 4.90 Å². The Hall–Kier alpha value is -5.64. The van der Waals surface area contributed by atoms with Gasteiger partial charge in [0.15, 0.2) is 0 Å². The van der Waals surface area contributed by atoms with Crippen LogP contribution in [0.5, 0.6) is 0 Å². The molecular weight excluding hydrogens is 603 g/mol. The van der Waals surface area contributed by atoms with Crippen molar-refractivity contribution in [3.05, 3.63) is 163 Å². The summed E-state index contributed by atoms with van der Waals surface area (Å²) in [4.78, 5) is 2.50. The van der Waals surface area contributed by atoms with Gasteiger partial charge in [0.2, 0.25) is 0 Å². The molecule has 0 amide bonds. The van der Waals surface area contributed by atoms with Crippen molar-refractivity contribution in [2.45, 2.75) is 19.3 Å². The van der Waals surface area contributed by atoms with Gasteiger partial charge in [-0.3, -0.25) is 0 Å². The smallest absolute Gasteiger partial charge is 0.135 e. The third-order valence-electron chi connectivity index (χ3n) is 10.3. The minimum absolute atomic E-state index is 0.121. The maximum atomic E-state index is 6.31. The lowest BCUT2D eigenvalue weighted by atomic mass is 9.82. The van der Waals surface area contributed by atoms with E-state index in [-0.39, 0.29) is 5.41 Å². The van der Waals surface area contributed by atoms with E-state index in [0.29, 0.717) is 0 Å². The monoisotopic (exact) mass is 633 g/mol. The van der Waals surface area contributed by atoms with Gasteiger partial charge in [0, 0.05) is 48.6 Å². The molecule has 0 atom stereocenters. The molecule has 0 saturated heterocycles. The summed E-state index contributed by atoms with van der Waals surface area (Å²) in [6.07, 6.45) is 0. The van der Waals surface area contributed by atoms with Gasteiger partial charge in [-0.05, 0) is 70.3 Å². The minimum atomic E-state index is -0.121. The molecule has 0 spiro atoms. The van der Waals surface area contributed by atoms with Crippen molar-refractivity contribution in [1.82, 2.24) is 0 Å². The van der Waals surface area contributed by atoms with E-state index in [9.17, 15) is 0 Å². The average molecular weight is 634 g/mol. The number of para-hydroxylation sites is 1. The maximum absolute atomic E-state index is 6.31. The first-order valence-corrected chi connectivity index (χ1v) is 17.3. The minimum Gasteiger partial charge on any atom is -0.456 e. The molecule has 2 nitrogen and oxygen atoms in total. The molecule has 0 aliphatic heterocycles. The second-order valence-electron chi connectivity index (χ2n) is 13.3. The molecule has 0 saturated carbocycles. The van der Waals surface area contributed by atoms with Gasteiger partial charge in [0.05, 0.1) is 10.4 Å². The largest absolute Gasteiger partial charge is 0.456 e. The summed E-state index contributed by atoms with van der Waals surface area (Å²) in [6, 6.07) is 55.2. The fourth-order valence-corrected chi connectivity index (χ4v) is 9.18. The van der Waals surface area contributed by atoms with Gasteiger partial charge in [-0.25, -0.2) is 0 Å². The molecule has 1 aliphatic rings. The molecule has 7 aromatic carbocycles. The Kier molecular flexibility index (Phi) is 5.82. The standard InChI is InChI=1S/C45H31NOS/c1-45(2)38-17-9-6-14-32(38)33-22-20-30(27-39(33)45)46(29-21-25-41-37(26-29)34-15-7-10-18-40(34)47-41)43-31(28-12-4-3-5-13-28)23-24-36-35-16-8-11-19-42(35)48-44(36)43/h3-27H,1-2H3. The molecular formula is C45H31NOS. The molecule has 1 aliphatic carbocycles. The maximum Gasteiger partial charge on any atom is 0.135 e. The van der Waals surface area contributed by atoms with Crippen LogP contribution in [0.3, 0.4) is 0 Å². The molecule has 48 heavy (non-hydrogen) atoms. The number of hydrogen-bond donors (Lipinski definition) is 0. The van der Waals surface area contributed by atoms with E-state index in [1.54, 1.807) is 0 Å². The topological polar surface area (TPSA) is 16.4 Å². The number of benzene rings is 7. The van der Waals surface area contributed by atoms with E-state index < -0.39 is 0 Å². The second kappa shape index (κ2) is 10.2. The highest BCUT2D eigenvalue weighted by Crippen LogP contribution is 2.53. The fraction of sp³-hybridized carbons (Fsp3) is 0.0667. The van der Waals surface area contributed by atoms with E-state index in [1.807, 2.05) is 17.4 Å². The summed E-state index contributed by atoms with van der Waals surface area (Å²) in [5.74, 6) is 0. The number of thiophene rings is 1. The van der Waals surface area contributed by atoms with E-state index in [1.165, 1.54) is 59.2 Å². The quantitative estimate of drug-likeness (QED) is 0.192. The predicted molar refractivity (Wildman–Crippen MR) is 204 cm³/mol. The number of fused-ring (bicyclic) bond motifs is 9. The van der Waals surface area contributed by atoms with Crippen LogP contribution in [0.1, 0.15) is 25.0 Å². The van der Waals surface area contributed by atoms with E-state index in [0.717, 1.165) is 33.3 Å². The van der Waals surface area contributed by atoms with Crippen LogP contribution in [0, 0.1) is 0 Å². The van der Waals surface area contributed by atoms with Crippen LogP contribution in [0.25, 0.3) is 64.4 Å². The zero-order valence-electron chi connectivity index (χ0n) is 26.7. The highest BCUT2D eigenvalue weighted by Gasteiger charge is 2.36. The van der Waals surface area contributed by atoms with Gasteiger partial charge < -0.3 is 9.32 Å². The normalized spacial score (nSPS) is 13.4. The third kappa shape index (κ3) is 3.92. The van der Waals surface area contributed by atoms with Crippen molar-refractivity contribution in [1.29, 1.82) is 0 Å². The number of rotatable bonds is 4. The van der Waals surface area contributed by atoms with Crippen LogP contribution in [-0.4, -0.2) is 0 Å². The molecule has 2 heterocycles. The number of anilines is 3. The third-order valence-corrected chi connectivity index (χ3v) is 11.5. The highest BCUT2D eigenvalue weighted by atomic mass is 32.1. The van der Waals surface area contributed by atoms with Gasteiger partial charge in [-0.15, -0.1) is 11.3 Å². The van der Waals surface area contributed by atoms with Crippen LogP contribution in [0.2, 0.25) is 0 Å². The molecule has 0 bridgehead atoms. The molecule has 228 valence electrons. The van der Waals surface area contributed by atoms with Gasteiger partial charge in [-0.1, -0.05) is 123 Å². The van der Waals surface area contributed by atoms with Gasteiger partial charge in [-0.2, -0.15) is 0 Å². The summed E-state index contributed by atoms with van der Waals surface area (Å²) in [7, 11) is 0. The number of nitrogens with zero attached hydrogens (tertiary/aromatic N) is 1. The Morgan fingerprint density at radius 1 is 0.500 bits per heavy atom. The summed E-state index contributed by atoms with van der Waals surface area (Å²) in [6.45, 7) is 4.72. The van der Waals surface area contributed by atoms with Gasteiger partial charge in [0.25, 0.3) is 0 Å². The molecule has 0 unspecified atom stereocenters. The fourth-order valence-electron chi connectivity index (χ4n) is 7.94. The molecule has 0 N–H and O–H groups in total. The molecule has 3 heteroatoms. The van der Waals surface area contributed by atoms with Crippen LogP contribution in [0.4, 0.5) is 17.1 Å². The number of furan rings is 1. The van der Waals surface area contributed by atoms with Crippen molar-refractivity contribution in [3.8, 4) is 22.3 Å². The summed E-state index contributed by atoms with van der Waals surface area (Å²) in [5, 5.41) is 4.81. The molecule has 10 rings (SSSR count). The second-order valence-corrected chi connectivity index (χ2v) is 14.4. The Morgan fingerprint density at radius 2 is 1.17 bits per heavy atom. The average Bonchev–Trinajstić information content (AvgIpc) is 3.77. The van der Waals surface area contributed by atoms with Crippen molar-refractivity contribution in [3.63, 3.8) is 0 Å². The lowest BCUT2D eigenvalue weighted by molar-refractivity contribution is 0.660. The van der Waals surface area contributed by atoms with Gasteiger partial charge in [0.1, 0.15) is 11.2 Å². The van der Waals surface area contributed by atoms with Crippen molar-refractivity contribution in [2.24, 2.45) is 0 Å². The first-order valence-electron chi connectivity index (χ1n) is 16.5. The van der Waals surface area contributed by atoms with Gasteiger partial charge >= 0.3 is 0 Å². The Morgan fingerprint density at radius 3 is 2.06 bits per heavy atom. The Balaban J connectivity index is 1.32. The van der Waals surface area contributed by atoms with Crippen LogP contribution in [0.15, 0.2) is 156 Å². The number of hydrogen-bond acceptors (Lipinski definition) is 3. The van der Waals surface area contributed by atoms with E-state index in [4.69, 9.17) is 4.42 Å². The molecule has 9 aromatic rings. The Bertz CT molecular complexity index is 2710. The van der Waals surface area contributed by atoms with E-state index >= 15 is 0 Å². The predicted octanol–water partition coefficient (Wildman–Crippen LogP) is 13.4. The van der Waals surface area contributed by atoms with Crippen LogP contribution in [-0.2, 0) is 5.41 Å². The SMILES string of the molecule is CC1(C)c2ccccc2-c2ccc(N(c3ccc4oc5ccccc5c4c3)c3c(-c4ccccc4)ccc4c3sc3ccccc34)cc21. The highest BCUT2D eigenvalue weighted by molar-refractivity contribution is 7.26. The summed E-state index contributed by atoms with van der Waals surface area (Å²) >= 11 is 1.88. The lowest BCUT2D eigenvalue weighted by Gasteiger charge is -2.30. The first kappa shape index (κ1) is 27.5. The van der Waals surface area contributed by atoms with Crippen molar-refractivity contribution >= 4 is 70.5 Å². The van der Waals surface area contributed by atoms with Crippen molar-refractivity contribution in [2.75, 3.05) is 4.90 Å². The molecule has 0 radical (unpaired) electrons. The first-order chi connectivity index (χ1) is 23.6. The molecule has 2 aromatic heterocycles. The Labute approximate surface area is 283 Å². The lowest BCUT2D eigenvalue weighted by Crippen LogP contribution is -2.17. The summed E-state index contributed by atoms with van der Waals surface area (Å²) < 4.78 is 8.88. The van der Waals surface area contributed by atoms with Crippen molar-refractivity contribution < 1.29 is 4.42 Å².